The summed E-state index contributed by atoms with van der Waals surface area (Å²) in [5.74, 6) is -0.710. The predicted octanol–water partition coefficient (Wildman–Crippen LogP) is 1.55. The quantitative estimate of drug-likeness (QED) is 0.755. The number of hydrogen-bond donors (Lipinski definition) is 1. The van der Waals surface area contributed by atoms with Gasteiger partial charge in [-0.2, -0.15) is 5.10 Å². The largest absolute Gasteiger partial charge is 0.481 e. The highest BCUT2D eigenvalue weighted by Gasteiger charge is 2.06. The van der Waals surface area contributed by atoms with E-state index in [1.165, 1.54) is 11.8 Å². The summed E-state index contributed by atoms with van der Waals surface area (Å²) < 4.78 is 1.73. The second-order valence-corrected chi connectivity index (χ2v) is 4.03. The normalized spacial score (nSPS) is 10.4. The summed E-state index contributed by atoms with van der Waals surface area (Å²) in [4.78, 5) is 10.4. The number of carbonyl (C=O) groups is 1. The molecule has 0 aliphatic heterocycles. The summed E-state index contributed by atoms with van der Waals surface area (Å²) in [6.07, 6.45) is 2.00. The fourth-order valence-electron chi connectivity index (χ4n) is 1.16. The number of nitrogens with zero attached hydrogens (tertiary/aromatic N) is 2. The van der Waals surface area contributed by atoms with Gasteiger partial charge in [-0.15, -0.1) is 0 Å². The van der Waals surface area contributed by atoms with Crippen LogP contribution in [0.15, 0.2) is 11.1 Å². The summed E-state index contributed by atoms with van der Waals surface area (Å²) in [6.45, 7) is 2.10. The van der Waals surface area contributed by atoms with Crippen molar-refractivity contribution in [2.24, 2.45) is 7.05 Å². The monoisotopic (exact) mass is 214 g/mol. The molecule has 0 radical (unpaired) electrons. The van der Waals surface area contributed by atoms with Gasteiger partial charge in [0.25, 0.3) is 0 Å². The molecule has 0 bridgehead atoms. The standard InChI is InChI=1S/C9H14N2O2S/c1-3-4-7-5-8(11(2)10-7)14-6-9(12)13/h5H,3-4,6H2,1-2H3,(H,12,13). The van der Waals surface area contributed by atoms with Crippen LogP contribution in [0.25, 0.3) is 0 Å². The van der Waals surface area contributed by atoms with Crippen LogP contribution in [0.1, 0.15) is 19.0 Å². The lowest BCUT2D eigenvalue weighted by molar-refractivity contribution is -0.133. The molecule has 0 aromatic carbocycles. The Morgan fingerprint density at radius 3 is 3.00 bits per heavy atom. The van der Waals surface area contributed by atoms with Crippen molar-refractivity contribution >= 4 is 17.7 Å². The van der Waals surface area contributed by atoms with Gasteiger partial charge in [-0.1, -0.05) is 25.1 Å². The summed E-state index contributed by atoms with van der Waals surface area (Å²) in [6, 6.07) is 1.96. The average molecular weight is 214 g/mol. The third kappa shape index (κ3) is 3.06. The van der Waals surface area contributed by atoms with Crippen LogP contribution in [0.5, 0.6) is 0 Å². The van der Waals surface area contributed by atoms with E-state index in [1.807, 2.05) is 13.1 Å². The van der Waals surface area contributed by atoms with Crippen molar-refractivity contribution < 1.29 is 9.90 Å². The molecule has 0 spiro atoms. The van der Waals surface area contributed by atoms with E-state index in [-0.39, 0.29) is 5.75 Å². The first kappa shape index (κ1) is 11.1. The van der Waals surface area contributed by atoms with Crippen molar-refractivity contribution in [2.45, 2.75) is 24.8 Å². The number of rotatable bonds is 5. The van der Waals surface area contributed by atoms with Gasteiger partial charge in [0.1, 0.15) is 0 Å². The molecule has 4 nitrogen and oxygen atoms in total. The third-order valence-corrected chi connectivity index (χ3v) is 2.81. The van der Waals surface area contributed by atoms with Crippen molar-refractivity contribution in [3.8, 4) is 0 Å². The first-order valence-corrected chi connectivity index (χ1v) is 5.49. The number of aromatic nitrogens is 2. The first-order valence-electron chi connectivity index (χ1n) is 4.51. The molecule has 5 heteroatoms. The lowest BCUT2D eigenvalue weighted by atomic mass is 10.3. The molecule has 0 aliphatic rings. The SMILES string of the molecule is CCCc1cc(SCC(=O)O)n(C)n1. The highest BCUT2D eigenvalue weighted by Crippen LogP contribution is 2.18. The first-order chi connectivity index (χ1) is 6.63. The van der Waals surface area contributed by atoms with Crippen LogP contribution in [0, 0.1) is 0 Å². The zero-order valence-corrected chi connectivity index (χ0v) is 9.17. The second kappa shape index (κ2) is 5.05. The summed E-state index contributed by atoms with van der Waals surface area (Å²) in [5.41, 5.74) is 1.03. The highest BCUT2D eigenvalue weighted by atomic mass is 32.2. The molecule has 1 rings (SSSR count). The Morgan fingerprint density at radius 1 is 1.71 bits per heavy atom. The Bertz CT molecular complexity index is 323. The highest BCUT2D eigenvalue weighted by molar-refractivity contribution is 7.99. The Hall–Kier alpha value is -0.970. The van der Waals surface area contributed by atoms with Crippen LogP contribution in [-0.4, -0.2) is 26.6 Å². The molecule has 0 fully saturated rings. The number of aryl methyl sites for hydroxylation is 2. The topological polar surface area (TPSA) is 55.1 Å². The molecule has 1 heterocycles. The van der Waals surface area contributed by atoms with Gasteiger partial charge in [-0.05, 0) is 12.5 Å². The average Bonchev–Trinajstić information content (AvgIpc) is 2.44. The van der Waals surface area contributed by atoms with Crippen LogP contribution < -0.4 is 0 Å². The van der Waals surface area contributed by atoms with Gasteiger partial charge in [0.2, 0.25) is 0 Å². The molecule has 1 aromatic heterocycles. The number of carboxylic acid groups (broad SMARTS) is 1. The minimum absolute atomic E-state index is 0.0884. The predicted molar refractivity (Wildman–Crippen MR) is 55.6 cm³/mol. The number of carboxylic acids is 1. The van der Waals surface area contributed by atoms with Crippen LogP contribution >= 0.6 is 11.8 Å². The minimum Gasteiger partial charge on any atom is -0.481 e. The lowest BCUT2D eigenvalue weighted by Crippen LogP contribution is -2.00. The summed E-state index contributed by atoms with van der Waals surface area (Å²) in [5, 5.41) is 13.7. The fourth-order valence-corrected chi connectivity index (χ4v) is 1.87. The minimum atomic E-state index is -0.798. The van der Waals surface area contributed by atoms with Crippen molar-refractivity contribution in [2.75, 3.05) is 5.75 Å². The van der Waals surface area contributed by atoms with Gasteiger partial charge >= 0.3 is 5.97 Å². The molecular weight excluding hydrogens is 200 g/mol. The Labute approximate surface area is 87.3 Å². The molecule has 0 saturated carbocycles. The van der Waals surface area contributed by atoms with Gasteiger partial charge in [0.05, 0.1) is 16.5 Å². The van der Waals surface area contributed by atoms with Gasteiger partial charge in [-0.3, -0.25) is 9.48 Å². The molecule has 0 unspecified atom stereocenters. The maximum Gasteiger partial charge on any atom is 0.313 e. The van der Waals surface area contributed by atoms with E-state index >= 15 is 0 Å². The Morgan fingerprint density at radius 2 is 2.43 bits per heavy atom. The van der Waals surface area contributed by atoms with E-state index in [4.69, 9.17) is 5.11 Å². The maximum atomic E-state index is 10.4. The zero-order chi connectivity index (χ0) is 10.6. The summed E-state index contributed by atoms with van der Waals surface area (Å²) in [7, 11) is 1.84. The lowest BCUT2D eigenvalue weighted by Gasteiger charge is -1.96. The van der Waals surface area contributed by atoms with Crippen molar-refractivity contribution in [3.63, 3.8) is 0 Å². The smallest absolute Gasteiger partial charge is 0.313 e. The molecule has 0 atom stereocenters. The maximum absolute atomic E-state index is 10.4. The molecule has 1 N–H and O–H groups in total. The van der Waals surface area contributed by atoms with Crippen molar-refractivity contribution in [1.29, 1.82) is 0 Å². The second-order valence-electron chi connectivity index (χ2n) is 3.03. The van der Waals surface area contributed by atoms with Crippen LogP contribution in [-0.2, 0) is 18.3 Å². The van der Waals surface area contributed by atoms with E-state index < -0.39 is 5.97 Å². The van der Waals surface area contributed by atoms with Gasteiger partial charge in [-0.25, -0.2) is 0 Å². The van der Waals surface area contributed by atoms with Crippen molar-refractivity contribution in [1.82, 2.24) is 9.78 Å². The van der Waals surface area contributed by atoms with Gasteiger partial charge in [0.15, 0.2) is 0 Å². The van der Waals surface area contributed by atoms with Crippen molar-refractivity contribution in [3.05, 3.63) is 11.8 Å². The fraction of sp³-hybridized carbons (Fsp3) is 0.556. The van der Waals surface area contributed by atoms with E-state index in [0.717, 1.165) is 23.6 Å². The molecule has 0 saturated heterocycles. The van der Waals surface area contributed by atoms with E-state index in [9.17, 15) is 4.79 Å². The Balaban J connectivity index is 2.62. The van der Waals surface area contributed by atoms with Gasteiger partial charge in [0, 0.05) is 7.05 Å². The van der Waals surface area contributed by atoms with Crippen LogP contribution in [0.3, 0.4) is 0 Å². The van der Waals surface area contributed by atoms with E-state index in [0.29, 0.717) is 0 Å². The van der Waals surface area contributed by atoms with Crippen LogP contribution in [0.2, 0.25) is 0 Å². The number of thioether (sulfide) groups is 1. The molecule has 14 heavy (non-hydrogen) atoms. The number of aliphatic carboxylic acids is 1. The molecule has 0 aliphatic carbocycles. The van der Waals surface area contributed by atoms with E-state index in [2.05, 4.69) is 12.0 Å². The molecule has 0 amide bonds. The van der Waals surface area contributed by atoms with E-state index in [1.54, 1.807) is 4.68 Å². The molecular formula is C9H14N2O2S. The summed E-state index contributed by atoms with van der Waals surface area (Å²) >= 11 is 1.30. The number of hydrogen-bond acceptors (Lipinski definition) is 3. The third-order valence-electron chi connectivity index (χ3n) is 1.74. The van der Waals surface area contributed by atoms with Gasteiger partial charge < -0.3 is 5.11 Å². The van der Waals surface area contributed by atoms with Crippen LogP contribution in [0.4, 0.5) is 0 Å². The molecule has 1 aromatic rings. The molecule has 78 valence electrons. The Kier molecular flexibility index (Phi) is 4.00. The zero-order valence-electron chi connectivity index (χ0n) is 8.36.